The average molecular weight is 413 g/mol. The van der Waals surface area contributed by atoms with Gasteiger partial charge in [0.25, 0.3) is 0 Å². The van der Waals surface area contributed by atoms with Gasteiger partial charge in [0.15, 0.2) is 5.11 Å². The molecule has 0 amide bonds. The standard InChI is InChI=1S/C16H12Cl3N5S/c17-11-2-1-3-13(6-11)21-16(25)22-15-20-9-24(23-15)8-10-4-5-12(18)7-14(10)19/h1-7,9H,8H2,(H2,21,22,23,25). The van der Waals surface area contributed by atoms with E-state index < -0.39 is 0 Å². The fourth-order valence-electron chi connectivity index (χ4n) is 2.08. The summed E-state index contributed by atoms with van der Waals surface area (Å²) in [5, 5.41) is 12.4. The molecule has 128 valence electrons. The molecule has 3 aromatic rings. The maximum absolute atomic E-state index is 6.17. The molecule has 9 heteroatoms. The van der Waals surface area contributed by atoms with Gasteiger partial charge in [0.1, 0.15) is 6.33 Å². The molecule has 3 rings (SSSR count). The highest BCUT2D eigenvalue weighted by Gasteiger charge is 2.07. The molecule has 0 bridgehead atoms. The Morgan fingerprint density at radius 3 is 2.60 bits per heavy atom. The van der Waals surface area contributed by atoms with E-state index in [1.165, 1.54) is 0 Å². The zero-order valence-electron chi connectivity index (χ0n) is 12.7. The number of hydrogen-bond acceptors (Lipinski definition) is 3. The quantitative estimate of drug-likeness (QED) is 0.584. The molecule has 0 saturated heterocycles. The normalized spacial score (nSPS) is 10.5. The first-order chi connectivity index (χ1) is 12.0. The average Bonchev–Trinajstić information content (AvgIpc) is 2.97. The van der Waals surface area contributed by atoms with Gasteiger partial charge in [-0.3, -0.25) is 5.32 Å². The number of halogens is 3. The highest BCUT2D eigenvalue weighted by Crippen LogP contribution is 2.21. The second-order valence-corrected chi connectivity index (χ2v) is 6.78. The number of benzene rings is 2. The number of thiocarbonyl (C=S) groups is 1. The minimum absolute atomic E-state index is 0.365. The first kappa shape index (κ1) is 17.9. The van der Waals surface area contributed by atoms with Crippen LogP contribution in [0.4, 0.5) is 11.6 Å². The molecule has 5 nitrogen and oxygen atoms in total. The van der Waals surface area contributed by atoms with Crippen LogP contribution in [0.3, 0.4) is 0 Å². The van der Waals surface area contributed by atoms with Gasteiger partial charge >= 0.3 is 0 Å². The summed E-state index contributed by atoms with van der Waals surface area (Å²) in [6, 6.07) is 12.6. The van der Waals surface area contributed by atoms with Crippen molar-refractivity contribution in [2.75, 3.05) is 10.6 Å². The molecule has 1 aromatic heterocycles. The van der Waals surface area contributed by atoms with Crippen LogP contribution in [0.1, 0.15) is 5.56 Å². The summed E-state index contributed by atoms with van der Waals surface area (Å²) < 4.78 is 1.65. The second kappa shape index (κ2) is 8.01. The molecule has 0 spiro atoms. The molecule has 2 N–H and O–H groups in total. The molecule has 1 heterocycles. The zero-order chi connectivity index (χ0) is 17.8. The number of nitrogens with zero attached hydrogens (tertiary/aromatic N) is 3. The smallest absolute Gasteiger partial charge is 0.248 e. The van der Waals surface area contributed by atoms with Gasteiger partial charge in [0.05, 0.1) is 6.54 Å². The largest absolute Gasteiger partial charge is 0.332 e. The number of rotatable bonds is 4. The van der Waals surface area contributed by atoms with Gasteiger partial charge in [0, 0.05) is 20.8 Å². The van der Waals surface area contributed by atoms with Crippen LogP contribution in [-0.4, -0.2) is 19.9 Å². The van der Waals surface area contributed by atoms with Crippen molar-refractivity contribution in [3.8, 4) is 0 Å². The van der Waals surface area contributed by atoms with E-state index in [2.05, 4.69) is 20.7 Å². The van der Waals surface area contributed by atoms with Crippen molar-refractivity contribution >= 4 is 63.8 Å². The summed E-state index contributed by atoms with van der Waals surface area (Å²) in [7, 11) is 0. The molecule has 0 aliphatic carbocycles. The van der Waals surface area contributed by atoms with Crippen LogP contribution < -0.4 is 10.6 Å². The van der Waals surface area contributed by atoms with E-state index in [1.54, 1.807) is 35.3 Å². The Morgan fingerprint density at radius 2 is 1.84 bits per heavy atom. The van der Waals surface area contributed by atoms with Crippen LogP contribution in [0.15, 0.2) is 48.8 Å². The van der Waals surface area contributed by atoms with E-state index >= 15 is 0 Å². The van der Waals surface area contributed by atoms with E-state index in [0.29, 0.717) is 32.7 Å². The summed E-state index contributed by atoms with van der Waals surface area (Å²) in [6.45, 7) is 0.471. The second-order valence-electron chi connectivity index (χ2n) is 5.09. The third kappa shape index (κ3) is 5.06. The van der Waals surface area contributed by atoms with Crippen molar-refractivity contribution in [3.63, 3.8) is 0 Å². The molecule has 0 aliphatic heterocycles. The van der Waals surface area contributed by atoms with E-state index in [4.69, 9.17) is 47.0 Å². The lowest BCUT2D eigenvalue weighted by molar-refractivity contribution is 0.687. The van der Waals surface area contributed by atoms with Crippen LogP contribution in [0.5, 0.6) is 0 Å². The number of nitrogens with one attached hydrogen (secondary N) is 2. The minimum atomic E-state index is 0.365. The zero-order valence-corrected chi connectivity index (χ0v) is 15.8. The minimum Gasteiger partial charge on any atom is -0.332 e. The Labute approximate surface area is 164 Å². The molecule has 0 saturated carbocycles. The van der Waals surface area contributed by atoms with Gasteiger partial charge in [-0.2, -0.15) is 0 Å². The summed E-state index contributed by atoms with van der Waals surface area (Å²) in [4.78, 5) is 4.18. The van der Waals surface area contributed by atoms with Gasteiger partial charge in [-0.05, 0) is 48.1 Å². The first-order valence-corrected chi connectivity index (χ1v) is 8.71. The maximum atomic E-state index is 6.17. The Morgan fingerprint density at radius 1 is 1.04 bits per heavy atom. The third-order valence-electron chi connectivity index (χ3n) is 3.19. The molecular weight excluding hydrogens is 401 g/mol. The number of anilines is 2. The Bertz CT molecular complexity index is 912. The molecule has 0 radical (unpaired) electrons. The molecule has 0 unspecified atom stereocenters. The van der Waals surface area contributed by atoms with Crippen molar-refractivity contribution in [1.82, 2.24) is 14.8 Å². The van der Waals surface area contributed by atoms with E-state index in [9.17, 15) is 0 Å². The first-order valence-electron chi connectivity index (χ1n) is 7.16. The van der Waals surface area contributed by atoms with Crippen molar-refractivity contribution in [1.29, 1.82) is 0 Å². The lowest BCUT2D eigenvalue weighted by Gasteiger charge is -2.08. The van der Waals surface area contributed by atoms with Crippen LogP contribution in [0, 0.1) is 0 Å². The maximum Gasteiger partial charge on any atom is 0.248 e. The van der Waals surface area contributed by atoms with Crippen molar-refractivity contribution in [2.45, 2.75) is 6.54 Å². The van der Waals surface area contributed by atoms with E-state index in [0.717, 1.165) is 11.3 Å². The summed E-state index contributed by atoms with van der Waals surface area (Å²) in [5.41, 5.74) is 1.67. The van der Waals surface area contributed by atoms with Gasteiger partial charge in [-0.25, -0.2) is 9.67 Å². The monoisotopic (exact) mass is 411 g/mol. The molecule has 0 aliphatic rings. The van der Waals surface area contributed by atoms with Crippen molar-refractivity contribution in [2.24, 2.45) is 0 Å². The third-order valence-corrected chi connectivity index (χ3v) is 4.22. The van der Waals surface area contributed by atoms with Crippen LogP contribution in [0.25, 0.3) is 0 Å². The molecular formula is C16H12Cl3N5S. The summed E-state index contributed by atoms with van der Waals surface area (Å²) in [5.74, 6) is 0.379. The van der Waals surface area contributed by atoms with Gasteiger partial charge in [-0.1, -0.05) is 46.9 Å². The fraction of sp³-hybridized carbons (Fsp3) is 0.0625. The van der Waals surface area contributed by atoms with Gasteiger partial charge in [0.2, 0.25) is 5.95 Å². The SMILES string of the molecule is S=C(Nc1cccc(Cl)c1)Nc1ncn(Cc2ccc(Cl)cc2Cl)n1. The van der Waals surface area contributed by atoms with Gasteiger partial charge in [-0.15, -0.1) is 5.10 Å². The lowest BCUT2D eigenvalue weighted by Crippen LogP contribution is -2.20. The van der Waals surface area contributed by atoms with Crippen molar-refractivity contribution in [3.05, 3.63) is 69.4 Å². The van der Waals surface area contributed by atoms with Crippen LogP contribution in [0.2, 0.25) is 15.1 Å². The molecule has 0 atom stereocenters. The number of hydrogen-bond donors (Lipinski definition) is 2. The predicted molar refractivity (Wildman–Crippen MR) is 107 cm³/mol. The van der Waals surface area contributed by atoms with Gasteiger partial charge < -0.3 is 5.32 Å². The summed E-state index contributed by atoms with van der Waals surface area (Å²) >= 11 is 23.3. The molecule has 2 aromatic carbocycles. The lowest BCUT2D eigenvalue weighted by atomic mass is 10.2. The molecule has 25 heavy (non-hydrogen) atoms. The van der Waals surface area contributed by atoms with Crippen LogP contribution >= 0.6 is 47.0 Å². The predicted octanol–water partition coefficient (Wildman–Crippen LogP) is 5.10. The topological polar surface area (TPSA) is 54.8 Å². The van der Waals surface area contributed by atoms with E-state index in [-0.39, 0.29) is 0 Å². The fourth-order valence-corrected chi connectivity index (χ4v) is 2.95. The van der Waals surface area contributed by atoms with Crippen LogP contribution in [-0.2, 0) is 6.54 Å². The summed E-state index contributed by atoms with van der Waals surface area (Å²) in [6.07, 6.45) is 1.59. The van der Waals surface area contributed by atoms with Crippen molar-refractivity contribution < 1.29 is 0 Å². The highest BCUT2D eigenvalue weighted by atomic mass is 35.5. The Balaban J connectivity index is 1.62. The van der Waals surface area contributed by atoms with E-state index in [1.807, 2.05) is 18.2 Å². The Hall–Kier alpha value is -1.86. The highest BCUT2D eigenvalue weighted by molar-refractivity contribution is 7.80. The number of aromatic nitrogens is 3. The molecule has 0 fully saturated rings. The Kier molecular flexibility index (Phi) is 5.75.